The van der Waals surface area contributed by atoms with Crippen LogP contribution in [0, 0.1) is 0 Å². The fourth-order valence-electron chi connectivity index (χ4n) is 3.47. The molecular weight excluding hydrogens is 296 g/mol. The minimum absolute atomic E-state index is 0.429. The molecule has 4 rings (SSSR count). The number of ether oxygens (including phenoxy) is 1. The summed E-state index contributed by atoms with van der Waals surface area (Å²) in [7, 11) is 0. The van der Waals surface area contributed by atoms with Crippen LogP contribution in [0.25, 0.3) is 10.8 Å². The van der Waals surface area contributed by atoms with E-state index in [4.69, 9.17) is 9.72 Å². The van der Waals surface area contributed by atoms with Crippen molar-refractivity contribution in [3.05, 3.63) is 29.5 Å². The van der Waals surface area contributed by atoms with Gasteiger partial charge in [0.15, 0.2) is 10.8 Å². The lowest BCUT2D eigenvalue weighted by Gasteiger charge is -2.43. The minimum Gasteiger partial charge on any atom is -0.375 e. The first kappa shape index (κ1) is 14.2. The molecule has 1 aliphatic heterocycles. The summed E-state index contributed by atoms with van der Waals surface area (Å²) >= 11 is 1.63. The molecule has 1 aliphatic carbocycles. The molecule has 2 aromatic heterocycles. The van der Waals surface area contributed by atoms with Gasteiger partial charge in [-0.15, -0.1) is 11.3 Å². The summed E-state index contributed by atoms with van der Waals surface area (Å²) in [5.74, 6) is 0.719. The van der Waals surface area contributed by atoms with Gasteiger partial charge in [-0.2, -0.15) is 0 Å². The van der Waals surface area contributed by atoms with Gasteiger partial charge in [-0.25, -0.2) is 15.0 Å². The predicted octanol–water partition coefficient (Wildman–Crippen LogP) is 2.74. The molecule has 2 aromatic rings. The van der Waals surface area contributed by atoms with E-state index in [1.807, 2.05) is 6.07 Å². The third-order valence-corrected chi connectivity index (χ3v) is 5.41. The second-order valence-electron chi connectivity index (χ2n) is 5.95. The molecule has 0 amide bonds. The van der Waals surface area contributed by atoms with Crippen LogP contribution in [-0.4, -0.2) is 45.1 Å². The average Bonchev–Trinajstić information content (AvgIpc) is 3.05. The van der Waals surface area contributed by atoms with Crippen molar-refractivity contribution < 1.29 is 4.74 Å². The zero-order valence-corrected chi connectivity index (χ0v) is 13.3. The zero-order valence-electron chi connectivity index (χ0n) is 12.5. The van der Waals surface area contributed by atoms with Crippen molar-refractivity contribution >= 4 is 11.3 Å². The van der Waals surface area contributed by atoms with Gasteiger partial charge in [-0.1, -0.05) is 12.8 Å². The smallest absolute Gasteiger partial charge is 0.188 e. The summed E-state index contributed by atoms with van der Waals surface area (Å²) < 4.78 is 5.94. The van der Waals surface area contributed by atoms with Crippen LogP contribution in [-0.2, 0) is 11.3 Å². The molecule has 0 radical (unpaired) electrons. The number of thiazole rings is 1. The van der Waals surface area contributed by atoms with Gasteiger partial charge < -0.3 is 4.74 Å². The third kappa shape index (κ3) is 2.91. The number of fused-ring (bicyclic) bond motifs is 1. The van der Waals surface area contributed by atoms with Crippen molar-refractivity contribution in [2.45, 2.75) is 44.4 Å². The SMILES string of the molecule is c1cnc(-c2nc(CN3CCO[C@H]4CCCC[C@@H]43)cs2)nc1. The summed E-state index contributed by atoms with van der Waals surface area (Å²) in [5.41, 5.74) is 1.12. The first-order valence-electron chi connectivity index (χ1n) is 7.97. The van der Waals surface area contributed by atoms with Gasteiger partial charge in [-0.3, -0.25) is 4.90 Å². The van der Waals surface area contributed by atoms with Crippen LogP contribution in [0.5, 0.6) is 0 Å². The first-order valence-corrected chi connectivity index (χ1v) is 8.85. The zero-order chi connectivity index (χ0) is 14.8. The van der Waals surface area contributed by atoms with Crippen LogP contribution in [0.15, 0.2) is 23.8 Å². The lowest BCUT2D eigenvalue weighted by molar-refractivity contribution is -0.0914. The van der Waals surface area contributed by atoms with Crippen molar-refractivity contribution in [1.82, 2.24) is 19.9 Å². The average molecular weight is 316 g/mol. The Morgan fingerprint density at radius 2 is 2.09 bits per heavy atom. The normalized spacial score (nSPS) is 25.8. The molecule has 5 nitrogen and oxygen atoms in total. The summed E-state index contributed by atoms with van der Waals surface area (Å²) in [6.07, 6.45) is 9.04. The second-order valence-corrected chi connectivity index (χ2v) is 6.81. The van der Waals surface area contributed by atoms with Gasteiger partial charge in [0.2, 0.25) is 0 Å². The maximum Gasteiger partial charge on any atom is 0.188 e. The van der Waals surface area contributed by atoms with Gasteiger partial charge in [0, 0.05) is 36.9 Å². The number of morpholine rings is 1. The molecule has 0 bridgehead atoms. The molecule has 116 valence electrons. The van der Waals surface area contributed by atoms with E-state index in [0.29, 0.717) is 12.1 Å². The Kier molecular flexibility index (Phi) is 4.14. The Morgan fingerprint density at radius 1 is 1.23 bits per heavy atom. The maximum atomic E-state index is 5.94. The summed E-state index contributed by atoms with van der Waals surface area (Å²) in [6, 6.07) is 2.40. The van der Waals surface area contributed by atoms with Gasteiger partial charge in [-0.05, 0) is 18.9 Å². The lowest BCUT2D eigenvalue weighted by atomic mass is 9.90. The van der Waals surface area contributed by atoms with E-state index in [1.165, 1.54) is 25.7 Å². The van der Waals surface area contributed by atoms with Crippen molar-refractivity contribution in [2.24, 2.45) is 0 Å². The maximum absolute atomic E-state index is 5.94. The minimum atomic E-state index is 0.429. The Morgan fingerprint density at radius 3 is 3.00 bits per heavy atom. The largest absolute Gasteiger partial charge is 0.375 e. The molecule has 1 saturated carbocycles. The molecule has 6 heteroatoms. The Labute approximate surface area is 134 Å². The summed E-state index contributed by atoms with van der Waals surface area (Å²) in [6.45, 7) is 2.77. The standard InChI is InChI=1S/C16H20N4OS/c1-2-5-14-13(4-1)20(8-9-21-14)10-12-11-22-16(19-12)15-17-6-3-7-18-15/h3,6-7,11,13-14H,1-2,4-5,8-10H2/t13-,14-/m0/s1. The Bertz CT molecular complexity index is 616. The number of nitrogens with zero attached hydrogens (tertiary/aromatic N) is 4. The molecule has 3 heterocycles. The van der Waals surface area contributed by atoms with E-state index in [9.17, 15) is 0 Å². The van der Waals surface area contributed by atoms with E-state index in [1.54, 1.807) is 23.7 Å². The number of aromatic nitrogens is 3. The molecule has 0 unspecified atom stereocenters. The lowest BCUT2D eigenvalue weighted by Crippen LogP contribution is -2.52. The van der Waals surface area contributed by atoms with Gasteiger partial charge in [0.05, 0.1) is 18.4 Å². The molecule has 0 spiro atoms. The Balaban J connectivity index is 1.48. The van der Waals surface area contributed by atoms with Crippen molar-refractivity contribution in [1.29, 1.82) is 0 Å². The molecule has 2 aliphatic rings. The van der Waals surface area contributed by atoms with Crippen molar-refractivity contribution in [3.63, 3.8) is 0 Å². The number of hydrogen-bond donors (Lipinski definition) is 0. The van der Waals surface area contributed by atoms with Crippen molar-refractivity contribution in [2.75, 3.05) is 13.2 Å². The number of hydrogen-bond acceptors (Lipinski definition) is 6. The van der Waals surface area contributed by atoms with Gasteiger partial charge in [0.25, 0.3) is 0 Å². The number of rotatable bonds is 3. The highest BCUT2D eigenvalue weighted by molar-refractivity contribution is 7.13. The first-order chi connectivity index (χ1) is 10.9. The molecular formula is C16H20N4OS. The van der Waals surface area contributed by atoms with Crippen molar-refractivity contribution in [3.8, 4) is 10.8 Å². The van der Waals surface area contributed by atoms with Crippen LogP contribution in [0.4, 0.5) is 0 Å². The molecule has 1 saturated heterocycles. The highest BCUT2D eigenvalue weighted by Crippen LogP contribution is 2.30. The fraction of sp³-hybridized carbons (Fsp3) is 0.562. The summed E-state index contributed by atoms with van der Waals surface area (Å²) in [5, 5.41) is 3.04. The van der Waals surface area contributed by atoms with Crippen LogP contribution >= 0.6 is 11.3 Å². The van der Waals surface area contributed by atoms with Crippen LogP contribution in [0.2, 0.25) is 0 Å². The molecule has 2 atom stereocenters. The molecule has 0 aromatic carbocycles. The van der Waals surface area contributed by atoms with E-state index in [-0.39, 0.29) is 0 Å². The highest BCUT2D eigenvalue weighted by atomic mass is 32.1. The van der Waals surface area contributed by atoms with Gasteiger partial charge >= 0.3 is 0 Å². The topological polar surface area (TPSA) is 51.1 Å². The molecule has 2 fully saturated rings. The van der Waals surface area contributed by atoms with Gasteiger partial charge in [0.1, 0.15) is 0 Å². The fourth-order valence-corrected chi connectivity index (χ4v) is 4.23. The van der Waals surface area contributed by atoms with Crippen LogP contribution in [0.1, 0.15) is 31.4 Å². The molecule has 0 N–H and O–H groups in total. The highest BCUT2D eigenvalue weighted by Gasteiger charge is 2.34. The monoisotopic (exact) mass is 316 g/mol. The van der Waals surface area contributed by atoms with Crippen LogP contribution in [0.3, 0.4) is 0 Å². The van der Waals surface area contributed by atoms with E-state index >= 15 is 0 Å². The van der Waals surface area contributed by atoms with E-state index < -0.39 is 0 Å². The second kappa shape index (κ2) is 6.40. The quantitative estimate of drug-likeness (QED) is 0.871. The van der Waals surface area contributed by atoms with E-state index in [2.05, 4.69) is 20.2 Å². The summed E-state index contributed by atoms with van der Waals surface area (Å²) in [4.78, 5) is 15.8. The van der Waals surface area contributed by atoms with Crippen LogP contribution < -0.4 is 0 Å². The Hall–Kier alpha value is -1.37. The van der Waals surface area contributed by atoms with E-state index in [0.717, 1.165) is 36.2 Å². The predicted molar refractivity (Wildman–Crippen MR) is 85.5 cm³/mol. The molecule has 22 heavy (non-hydrogen) atoms. The third-order valence-electron chi connectivity index (χ3n) is 4.52.